The number of nitrogens with one attached hydrogen (secondary N) is 1. The van der Waals surface area contributed by atoms with Crippen LogP contribution in [0.15, 0.2) is 12.1 Å². The first-order chi connectivity index (χ1) is 9.73. The summed E-state index contributed by atoms with van der Waals surface area (Å²) in [5.74, 6) is -0.0707. The smallest absolute Gasteiger partial charge is 0.399 e. The molecule has 7 heteroatoms. The first-order valence-corrected chi connectivity index (χ1v) is 7.56. The molecule has 0 atom stereocenters. The number of carbonyl (C=O) groups excluding carboxylic acids is 1. The zero-order valence-electron chi connectivity index (χ0n) is 13.1. The minimum Gasteiger partial charge on any atom is -0.399 e. The molecule has 4 nitrogen and oxygen atoms in total. The van der Waals surface area contributed by atoms with Crippen molar-refractivity contribution in [2.45, 2.75) is 45.3 Å². The van der Waals surface area contributed by atoms with Gasteiger partial charge in [0.2, 0.25) is 0 Å². The zero-order valence-corrected chi connectivity index (χ0v) is 14.6. The third-order valence-corrected chi connectivity index (χ3v) is 5.13. The molecule has 1 aromatic rings. The standard InChI is InChI=1S/C15H19BClNO3.Ar/c1-14(2)15(3,4)21-16(20-14)11-6-5-10-9(12(11)17)7-8-18-13(10)19;/h5-6H,7-8H2,1-4H3,(H,18,19);. The van der Waals surface area contributed by atoms with Crippen molar-refractivity contribution in [2.24, 2.45) is 0 Å². The van der Waals surface area contributed by atoms with Crippen molar-refractivity contribution in [1.82, 2.24) is 5.32 Å². The number of amides is 1. The van der Waals surface area contributed by atoms with Gasteiger partial charge in [-0.2, -0.15) is 0 Å². The van der Waals surface area contributed by atoms with Gasteiger partial charge in [-0.05, 0) is 45.7 Å². The maximum Gasteiger partial charge on any atom is 0.496 e. The molecule has 3 rings (SSSR count). The molecule has 0 aliphatic carbocycles. The number of hydrogen-bond acceptors (Lipinski definition) is 3. The normalized spacial score (nSPS) is 21.9. The summed E-state index contributed by atoms with van der Waals surface area (Å²) >= 11 is 6.52. The van der Waals surface area contributed by atoms with Gasteiger partial charge in [0.25, 0.3) is 5.91 Å². The summed E-state index contributed by atoms with van der Waals surface area (Å²) in [6, 6.07) is 3.63. The molecular formula is C15H19ArBClNO3. The van der Waals surface area contributed by atoms with Crippen LogP contribution < -0.4 is 10.8 Å². The first-order valence-electron chi connectivity index (χ1n) is 7.18. The Morgan fingerprint density at radius 2 is 1.77 bits per heavy atom. The van der Waals surface area contributed by atoms with Crippen molar-refractivity contribution in [1.29, 1.82) is 0 Å². The van der Waals surface area contributed by atoms with Crippen LogP contribution in [-0.2, 0) is 15.7 Å². The third kappa shape index (κ3) is 2.96. The van der Waals surface area contributed by atoms with Crippen LogP contribution in [0.25, 0.3) is 0 Å². The Bertz CT molecular complexity index is 605. The van der Waals surface area contributed by atoms with E-state index in [9.17, 15) is 4.79 Å². The minimum atomic E-state index is -0.502. The van der Waals surface area contributed by atoms with Gasteiger partial charge in [-0.25, -0.2) is 0 Å². The Morgan fingerprint density at radius 1 is 1.18 bits per heavy atom. The number of hydrogen-bond donors (Lipinski definition) is 1. The Labute approximate surface area is 166 Å². The van der Waals surface area contributed by atoms with Crippen LogP contribution in [0, 0.1) is 37.7 Å². The molecule has 0 radical (unpaired) electrons. The van der Waals surface area contributed by atoms with Crippen molar-refractivity contribution < 1.29 is 51.8 Å². The van der Waals surface area contributed by atoms with Crippen molar-refractivity contribution >= 4 is 30.1 Å². The summed E-state index contributed by atoms with van der Waals surface area (Å²) in [6.45, 7) is 8.64. The molecule has 0 saturated carbocycles. The number of halogens is 1. The first kappa shape index (κ1) is 18.6. The molecule has 2 aliphatic rings. The fourth-order valence-electron chi connectivity index (χ4n) is 2.64. The van der Waals surface area contributed by atoms with Crippen LogP contribution in [0.1, 0.15) is 43.6 Å². The van der Waals surface area contributed by atoms with E-state index >= 15 is 0 Å². The second-order valence-corrected chi connectivity index (χ2v) is 6.97. The maximum atomic E-state index is 11.8. The summed E-state index contributed by atoms with van der Waals surface area (Å²) in [4.78, 5) is 11.8. The second kappa shape index (κ2) is 6.27. The SMILES string of the molecule is CC1(C)OB(c2ccc3c(c2Cl)CCNC3=O)OC1(C)C.[Ar]. The monoisotopic (exact) mass is 347 g/mol. The van der Waals surface area contributed by atoms with E-state index in [1.54, 1.807) is 6.07 Å². The van der Waals surface area contributed by atoms with Crippen molar-refractivity contribution in [3.63, 3.8) is 0 Å². The van der Waals surface area contributed by atoms with Crippen LogP contribution in [0.2, 0.25) is 5.02 Å². The fourth-order valence-corrected chi connectivity index (χ4v) is 2.99. The molecule has 120 valence electrons. The van der Waals surface area contributed by atoms with Gasteiger partial charge in [0.05, 0.1) is 11.2 Å². The Morgan fingerprint density at radius 3 is 2.36 bits per heavy atom. The average molecular weight is 348 g/mol. The molecule has 1 fully saturated rings. The van der Waals surface area contributed by atoms with Crippen LogP contribution in [0.4, 0.5) is 0 Å². The molecule has 0 bridgehead atoms. The Kier molecular flexibility index (Phi) is 5.29. The van der Waals surface area contributed by atoms with Crippen LogP contribution in [-0.4, -0.2) is 30.8 Å². The van der Waals surface area contributed by atoms with Gasteiger partial charge < -0.3 is 14.6 Å². The van der Waals surface area contributed by atoms with Crippen molar-refractivity contribution in [2.75, 3.05) is 6.54 Å². The van der Waals surface area contributed by atoms with Crippen LogP contribution in [0.5, 0.6) is 0 Å². The summed E-state index contributed by atoms with van der Waals surface area (Å²) in [7, 11) is -0.502. The second-order valence-electron chi connectivity index (χ2n) is 6.59. The summed E-state index contributed by atoms with van der Waals surface area (Å²) in [6.07, 6.45) is 0.729. The van der Waals surface area contributed by atoms with Gasteiger partial charge in [-0.15, -0.1) is 0 Å². The van der Waals surface area contributed by atoms with Crippen molar-refractivity contribution in [3.05, 3.63) is 28.3 Å². The van der Waals surface area contributed by atoms with E-state index in [1.165, 1.54) is 0 Å². The van der Waals surface area contributed by atoms with E-state index in [4.69, 9.17) is 20.9 Å². The van der Waals surface area contributed by atoms with E-state index in [0.717, 1.165) is 17.4 Å². The van der Waals surface area contributed by atoms with E-state index in [0.29, 0.717) is 17.1 Å². The van der Waals surface area contributed by atoms with Crippen LogP contribution in [0.3, 0.4) is 0 Å². The molecule has 0 spiro atoms. The minimum absolute atomic E-state index is 0. The zero-order chi connectivity index (χ0) is 15.4. The quantitative estimate of drug-likeness (QED) is 0.790. The number of carbonyl (C=O) groups is 1. The van der Waals surface area contributed by atoms with Gasteiger partial charge in [-0.3, -0.25) is 4.79 Å². The summed E-state index contributed by atoms with van der Waals surface area (Å²) in [5, 5.41) is 3.40. The largest absolute Gasteiger partial charge is 0.496 e. The third-order valence-electron chi connectivity index (χ3n) is 4.69. The van der Waals surface area contributed by atoms with E-state index in [1.807, 2.05) is 33.8 Å². The maximum absolute atomic E-state index is 11.8. The molecule has 2 aliphatic heterocycles. The number of fused-ring (bicyclic) bond motifs is 1. The predicted octanol–water partition coefficient (Wildman–Crippen LogP) is 1.93. The van der Waals surface area contributed by atoms with Gasteiger partial charge in [0, 0.05) is 60.3 Å². The number of benzene rings is 1. The van der Waals surface area contributed by atoms with Gasteiger partial charge in [0.1, 0.15) is 0 Å². The molecule has 22 heavy (non-hydrogen) atoms. The van der Waals surface area contributed by atoms with Gasteiger partial charge >= 0.3 is 7.12 Å². The average Bonchev–Trinajstić information content (AvgIpc) is 2.60. The number of rotatable bonds is 1. The van der Waals surface area contributed by atoms with E-state index in [-0.39, 0.29) is 43.6 Å². The van der Waals surface area contributed by atoms with Gasteiger partial charge in [-0.1, -0.05) is 17.7 Å². The molecule has 1 N–H and O–H groups in total. The molecule has 0 aromatic heterocycles. The van der Waals surface area contributed by atoms with Crippen LogP contribution >= 0.6 is 11.6 Å². The molecule has 1 aromatic carbocycles. The molecule has 2 heterocycles. The predicted molar refractivity (Wildman–Crippen MR) is 83.2 cm³/mol. The van der Waals surface area contributed by atoms with E-state index in [2.05, 4.69) is 5.32 Å². The molecule has 1 amide bonds. The Hall–Kier alpha value is 0.225. The van der Waals surface area contributed by atoms with Gasteiger partial charge in [0.15, 0.2) is 0 Å². The Balaban J connectivity index is 0.00000176. The summed E-state index contributed by atoms with van der Waals surface area (Å²) in [5.41, 5.74) is 1.51. The topological polar surface area (TPSA) is 47.6 Å². The van der Waals surface area contributed by atoms with Crippen molar-refractivity contribution in [3.8, 4) is 0 Å². The molecule has 0 unspecified atom stereocenters. The summed E-state index contributed by atoms with van der Waals surface area (Å²) < 4.78 is 12.1. The fraction of sp³-hybridized carbons (Fsp3) is 0.533. The van der Waals surface area contributed by atoms with E-state index < -0.39 is 18.3 Å². The molecular weight excluding hydrogens is 328 g/mol. The molecule has 1 saturated heterocycles.